The van der Waals surface area contributed by atoms with Crippen molar-refractivity contribution in [2.75, 3.05) is 13.1 Å². The van der Waals surface area contributed by atoms with Crippen molar-refractivity contribution in [3.8, 4) is 5.75 Å². The number of aliphatic hydroxyl groups is 1. The summed E-state index contributed by atoms with van der Waals surface area (Å²) in [5, 5.41) is 14.2. The lowest BCUT2D eigenvalue weighted by atomic mass is 9.86. The third kappa shape index (κ3) is 3.03. The van der Waals surface area contributed by atoms with Gasteiger partial charge in [0, 0.05) is 5.56 Å². The maximum absolute atomic E-state index is 10.9. The minimum Gasteiger partial charge on any atom is -0.491 e. The van der Waals surface area contributed by atoms with Gasteiger partial charge in [-0.2, -0.15) is 0 Å². The molecule has 0 aliphatic carbocycles. The maximum Gasteiger partial charge on any atom is 0.125 e. The third-order valence-corrected chi connectivity index (χ3v) is 3.41. The van der Waals surface area contributed by atoms with Gasteiger partial charge in [0.2, 0.25) is 0 Å². The summed E-state index contributed by atoms with van der Waals surface area (Å²) in [6.07, 6.45) is 2.65. The van der Waals surface area contributed by atoms with Crippen molar-refractivity contribution in [3.05, 3.63) is 29.8 Å². The molecule has 1 aliphatic heterocycles. The summed E-state index contributed by atoms with van der Waals surface area (Å²) in [6, 6.07) is 7.87. The van der Waals surface area contributed by atoms with Crippen LogP contribution in [0.5, 0.6) is 5.75 Å². The van der Waals surface area contributed by atoms with E-state index in [1.165, 1.54) is 0 Å². The monoisotopic (exact) mass is 249 g/mol. The molecule has 2 N–H and O–H groups in total. The van der Waals surface area contributed by atoms with Crippen molar-refractivity contribution in [2.24, 2.45) is 0 Å². The summed E-state index contributed by atoms with van der Waals surface area (Å²) in [6.45, 7) is 5.85. The summed E-state index contributed by atoms with van der Waals surface area (Å²) in [7, 11) is 0. The van der Waals surface area contributed by atoms with Crippen LogP contribution in [0.4, 0.5) is 0 Å². The number of hydrogen-bond donors (Lipinski definition) is 2. The van der Waals surface area contributed by atoms with Crippen LogP contribution < -0.4 is 10.1 Å². The molecule has 18 heavy (non-hydrogen) atoms. The van der Waals surface area contributed by atoms with Crippen LogP contribution in [0, 0.1) is 0 Å². The van der Waals surface area contributed by atoms with Crippen molar-refractivity contribution < 1.29 is 9.84 Å². The predicted molar refractivity (Wildman–Crippen MR) is 72.8 cm³/mol. The summed E-state index contributed by atoms with van der Waals surface area (Å²) in [4.78, 5) is 0. The first-order valence-corrected chi connectivity index (χ1v) is 6.81. The largest absolute Gasteiger partial charge is 0.491 e. The van der Waals surface area contributed by atoms with E-state index in [4.69, 9.17) is 4.74 Å². The van der Waals surface area contributed by atoms with Crippen molar-refractivity contribution in [3.63, 3.8) is 0 Å². The van der Waals surface area contributed by atoms with Crippen LogP contribution >= 0.6 is 0 Å². The lowest BCUT2D eigenvalue weighted by Crippen LogP contribution is -2.28. The molecule has 3 nitrogen and oxygen atoms in total. The van der Waals surface area contributed by atoms with Crippen LogP contribution in [0.1, 0.15) is 38.7 Å². The van der Waals surface area contributed by atoms with Crippen molar-refractivity contribution >= 4 is 0 Å². The van der Waals surface area contributed by atoms with Crippen LogP contribution in [-0.2, 0) is 5.60 Å². The second kappa shape index (κ2) is 5.72. The molecule has 3 heteroatoms. The molecule has 1 unspecified atom stereocenters. The normalized spacial score (nSPS) is 24.9. The fraction of sp³-hybridized carbons (Fsp3) is 0.600. The van der Waals surface area contributed by atoms with Gasteiger partial charge >= 0.3 is 0 Å². The van der Waals surface area contributed by atoms with Gasteiger partial charge in [0.25, 0.3) is 0 Å². The first kappa shape index (κ1) is 13.4. The van der Waals surface area contributed by atoms with E-state index in [1.54, 1.807) is 0 Å². The standard InChI is InChI=1S/C15H23NO2/c1-12(2)18-14-7-4-3-6-13(14)15(17)8-5-10-16-11-9-15/h3-4,6-7,12,16-17H,5,8-11H2,1-2H3. The van der Waals surface area contributed by atoms with Crippen LogP contribution in [0.3, 0.4) is 0 Å². The van der Waals surface area contributed by atoms with E-state index in [9.17, 15) is 5.11 Å². The molecule has 2 rings (SSSR count). The number of nitrogens with one attached hydrogen (secondary N) is 1. The first-order chi connectivity index (χ1) is 8.62. The molecule has 0 amide bonds. The zero-order chi connectivity index (χ0) is 13.0. The van der Waals surface area contributed by atoms with Gasteiger partial charge < -0.3 is 15.2 Å². The highest BCUT2D eigenvalue weighted by molar-refractivity contribution is 5.38. The van der Waals surface area contributed by atoms with Gasteiger partial charge in [-0.3, -0.25) is 0 Å². The lowest BCUT2D eigenvalue weighted by molar-refractivity contribution is 0.0203. The SMILES string of the molecule is CC(C)Oc1ccccc1C1(O)CCCNCC1. The molecule has 1 aliphatic rings. The highest BCUT2D eigenvalue weighted by atomic mass is 16.5. The molecule has 1 atom stereocenters. The van der Waals surface area contributed by atoms with Crippen LogP contribution in [-0.4, -0.2) is 24.3 Å². The van der Waals surface area contributed by atoms with Crippen LogP contribution in [0.25, 0.3) is 0 Å². The molecular formula is C15H23NO2. The average Bonchev–Trinajstić information content (AvgIpc) is 2.55. The molecule has 1 aromatic rings. The Hall–Kier alpha value is -1.06. The van der Waals surface area contributed by atoms with Gasteiger partial charge in [0.05, 0.1) is 11.7 Å². The third-order valence-electron chi connectivity index (χ3n) is 3.41. The second-order valence-corrected chi connectivity index (χ2v) is 5.30. The molecule has 0 aromatic heterocycles. The molecule has 1 fully saturated rings. The Morgan fingerprint density at radius 2 is 2.00 bits per heavy atom. The van der Waals surface area contributed by atoms with E-state index in [2.05, 4.69) is 5.32 Å². The fourth-order valence-corrected chi connectivity index (χ4v) is 2.53. The Balaban J connectivity index is 2.30. The number of hydrogen-bond acceptors (Lipinski definition) is 3. The van der Waals surface area contributed by atoms with Gasteiger partial charge in [0.1, 0.15) is 5.75 Å². The Morgan fingerprint density at radius 3 is 2.78 bits per heavy atom. The topological polar surface area (TPSA) is 41.5 Å². The molecule has 1 aromatic carbocycles. The van der Waals surface area contributed by atoms with E-state index >= 15 is 0 Å². The van der Waals surface area contributed by atoms with Crippen LogP contribution in [0.15, 0.2) is 24.3 Å². The Labute approximate surface area is 109 Å². The van der Waals surface area contributed by atoms with E-state index in [1.807, 2.05) is 38.1 Å². The molecule has 0 bridgehead atoms. The molecule has 0 radical (unpaired) electrons. The van der Waals surface area contributed by atoms with Gasteiger partial charge in [-0.1, -0.05) is 18.2 Å². The average molecular weight is 249 g/mol. The lowest BCUT2D eigenvalue weighted by Gasteiger charge is -2.29. The van der Waals surface area contributed by atoms with Gasteiger partial charge in [-0.25, -0.2) is 0 Å². The number of benzene rings is 1. The summed E-state index contributed by atoms with van der Waals surface area (Å²) in [5.74, 6) is 0.817. The molecule has 0 spiro atoms. The summed E-state index contributed by atoms with van der Waals surface area (Å²) in [5.41, 5.74) is 0.178. The highest BCUT2D eigenvalue weighted by Crippen LogP contribution is 2.37. The van der Waals surface area contributed by atoms with Crippen LogP contribution in [0.2, 0.25) is 0 Å². The molecule has 100 valence electrons. The Morgan fingerprint density at radius 1 is 1.22 bits per heavy atom. The molecule has 0 saturated carbocycles. The van der Waals surface area contributed by atoms with Gasteiger partial charge in [-0.05, 0) is 52.3 Å². The zero-order valence-electron chi connectivity index (χ0n) is 11.3. The van der Waals surface area contributed by atoms with E-state index in [0.717, 1.165) is 43.7 Å². The summed E-state index contributed by atoms with van der Waals surface area (Å²) >= 11 is 0. The van der Waals surface area contributed by atoms with E-state index < -0.39 is 5.60 Å². The second-order valence-electron chi connectivity index (χ2n) is 5.30. The molecular weight excluding hydrogens is 226 g/mol. The number of rotatable bonds is 3. The minimum absolute atomic E-state index is 0.124. The Kier molecular flexibility index (Phi) is 4.25. The first-order valence-electron chi connectivity index (χ1n) is 6.81. The quantitative estimate of drug-likeness (QED) is 0.864. The van der Waals surface area contributed by atoms with E-state index in [0.29, 0.717) is 0 Å². The van der Waals surface area contributed by atoms with Crippen molar-refractivity contribution in [1.82, 2.24) is 5.32 Å². The number of para-hydroxylation sites is 1. The smallest absolute Gasteiger partial charge is 0.125 e. The fourth-order valence-electron chi connectivity index (χ4n) is 2.53. The molecule has 1 saturated heterocycles. The molecule has 1 heterocycles. The van der Waals surface area contributed by atoms with Gasteiger partial charge in [-0.15, -0.1) is 0 Å². The van der Waals surface area contributed by atoms with Crippen molar-refractivity contribution in [1.29, 1.82) is 0 Å². The zero-order valence-corrected chi connectivity index (χ0v) is 11.3. The minimum atomic E-state index is -0.755. The summed E-state index contributed by atoms with van der Waals surface area (Å²) < 4.78 is 5.82. The van der Waals surface area contributed by atoms with Gasteiger partial charge in [0.15, 0.2) is 0 Å². The van der Waals surface area contributed by atoms with Crippen molar-refractivity contribution in [2.45, 2.75) is 44.8 Å². The van der Waals surface area contributed by atoms with E-state index in [-0.39, 0.29) is 6.10 Å². The number of ether oxygens (including phenoxy) is 1. The highest BCUT2D eigenvalue weighted by Gasteiger charge is 2.32. The predicted octanol–water partition coefficient (Wildman–Crippen LogP) is 2.43. The Bertz CT molecular complexity index is 382. The maximum atomic E-state index is 10.9.